The van der Waals surface area contributed by atoms with Crippen LogP contribution in [0.25, 0.3) is 0 Å². The fourth-order valence-electron chi connectivity index (χ4n) is 2.48. The highest BCUT2D eigenvalue weighted by Crippen LogP contribution is 2.58. The highest BCUT2D eigenvalue weighted by atomic mass is 79.9. The van der Waals surface area contributed by atoms with Crippen LogP contribution in [-0.2, 0) is 9.59 Å². The van der Waals surface area contributed by atoms with E-state index in [9.17, 15) is 14.7 Å². The maximum absolute atomic E-state index is 12.0. The molecule has 1 unspecified atom stereocenters. The number of aliphatic carboxylic acids is 1. The predicted molar refractivity (Wildman–Crippen MR) is 67.1 cm³/mol. The number of alkyl halides is 1. The molecule has 2 saturated heterocycles. The standard InChI is InChI=1S/C10H14BrNO4S/c1-9(2)5(6(14)15)12-7(16)10(11,3-4-13)8(12)17-9/h5,8,13H,3-4H2,1-2H3,(H,14,15)/t5-,8+,10?/m0/s1. The first-order chi connectivity index (χ1) is 7.75. The summed E-state index contributed by atoms with van der Waals surface area (Å²) in [5.41, 5.74) is 0. The summed E-state index contributed by atoms with van der Waals surface area (Å²) in [6.07, 6.45) is 0.308. The summed E-state index contributed by atoms with van der Waals surface area (Å²) in [7, 11) is 0. The summed E-state index contributed by atoms with van der Waals surface area (Å²) in [5.74, 6) is -1.21. The van der Waals surface area contributed by atoms with E-state index in [0.717, 1.165) is 0 Å². The van der Waals surface area contributed by atoms with Gasteiger partial charge in [-0.2, -0.15) is 0 Å². The molecule has 5 nitrogen and oxygen atoms in total. The number of amides is 1. The Morgan fingerprint density at radius 3 is 2.65 bits per heavy atom. The number of carbonyl (C=O) groups excluding carboxylic acids is 1. The second-order valence-electron chi connectivity index (χ2n) is 4.86. The molecule has 2 N–H and O–H groups in total. The minimum atomic E-state index is -0.975. The maximum atomic E-state index is 12.0. The molecule has 0 saturated carbocycles. The van der Waals surface area contributed by atoms with Crippen LogP contribution in [0.3, 0.4) is 0 Å². The molecule has 0 aromatic carbocycles. The third kappa shape index (κ3) is 1.62. The smallest absolute Gasteiger partial charge is 0.327 e. The summed E-state index contributed by atoms with van der Waals surface area (Å²) in [6, 6.07) is -0.797. The molecule has 2 aliphatic heterocycles. The summed E-state index contributed by atoms with van der Waals surface area (Å²) in [6.45, 7) is 3.56. The molecule has 0 aromatic heterocycles. The van der Waals surface area contributed by atoms with Crippen molar-refractivity contribution in [2.75, 3.05) is 6.61 Å². The van der Waals surface area contributed by atoms with E-state index in [2.05, 4.69) is 15.9 Å². The molecular weight excluding hydrogens is 310 g/mol. The molecule has 0 radical (unpaired) electrons. The molecule has 0 aromatic rings. The molecule has 7 heteroatoms. The van der Waals surface area contributed by atoms with Crippen molar-refractivity contribution in [1.29, 1.82) is 0 Å². The van der Waals surface area contributed by atoms with Gasteiger partial charge in [0.05, 0.1) is 0 Å². The monoisotopic (exact) mass is 323 g/mol. The highest BCUT2D eigenvalue weighted by Gasteiger charge is 2.70. The Balaban J connectivity index is 2.31. The Morgan fingerprint density at radius 1 is 1.59 bits per heavy atom. The van der Waals surface area contributed by atoms with Crippen molar-refractivity contribution in [2.45, 2.75) is 40.8 Å². The van der Waals surface area contributed by atoms with Crippen LogP contribution in [0, 0.1) is 0 Å². The van der Waals surface area contributed by atoms with Gasteiger partial charge in [0.2, 0.25) is 5.91 Å². The second kappa shape index (κ2) is 3.86. The number of thioether (sulfide) groups is 1. The largest absolute Gasteiger partial charge is 0.480 e. The van der Waals surface area contributed by atoms with Crippen LogP contribution in [-0.4, -0.2) is 54.1 Å². The van der Waals surface area contributed by atoms with Crippen molar-refractivity contribution in [1.82, 2.24) is 4.90 Å². The van der Waals surface area contributed by atoms with E-state index in [-0.39, 0.29) is 17.9 Å². The lowest BCUT2D eigenvalue weighted by molar-refractivity contribution is -0.161. The van der Waals surface area contributed by atoms with Gasteiger partial charge in [0.15, 0.2) is 0 Å². The molecular formula is C10H14BrNO4S. The number of hydrogen-bond acceptors (Lipinski definition) is 4. The molecule has 3 atom stereocenters. The van der Waals surface area contributed by atoms with Gasteiger partial charge in [0, 0.05) is 11.4 Å². The first-order valence-electron chi connectivity index (χ1n) is 5.29. The fourth-order valence-corrected chi connectivity index (χ4v) is 5.02. The van der Waals surface area contributed by atoms with Crippen LogP contribution in [0.4, 0.5) is 0 Å². The van der Waals surface area contributed by atoms with Gasteiger partial charge in [-0.15, -0.1) is 11.8 Å². The van der Waals surface area contributed by atoms with Crippen molar-refractivity contribution in [3.63, 3.8) is 0 Å². The number of β-lactam (4-membered cyclic amide) rings is 1. The molecule has 0 spiro atoms. The minimum absolute atomic E-state index is 0.0972. The third-order valence-electron chi connectivity index (χ3n) is 3.30. The topological polar surface area (TPSA) is 77.8 Å². The lowest BCUT2D eigenvalue weighted by atomic mass is 9.89. The number of carbonyl (C=O) groups is 2. The van der Waals surface area contributed by atoms with E-state index in [1.165, 1.54) is 16.7 Å². The van der Waals surface area contributed by atoms with Gasteiger partial charge in [-0.1, -0.05) is 15.9 Å². The zero-order chi connectivity index (χ0) is 13.0. The summed E-state index contributed by atoms with van der Waals surface area (Å²) < 4.78 is -1.31. The van der Waals surface area contributed by atoms with Crippen molar-refractivity contribution < 1.29 is 19.8 Å². The predicted octanol–water partition coefficient (Wildman–Crippen LogP) is 0.649. The Bertz CT molecular complexity index is 389. The van der Waals surface area contributed by atoms with E-state index < -0.39 is 21.1 Å². The zero-order valence-corrected chi connectivity index (χ0v) is 11.9. The summed E-state index contributed by atoms with van der Waals surface area (Å²) in [5, 5.41) is 18.0. The van der Waals surface area contributed by atoms with Crippen LogP contribution in [0.1, 0.15) is 20.3 Å². The summed E-state index contributed by atoms with van der Waals surface area (Å²) in [4.78, 5) is 24.7. The van der Waals surface area contributed by atoms with Gasteiger partial charge >= 0.3 is 5.97 Å². The molecule has 17 heavy (non-hydrogen) atoms. The van der Waals surface area contributed by atoms with Crippen LogP contribution < -0.4 is 0 Å². The third-order valence-corrected chi connectivity index (χ3v) is 6.45. The lowest BCUT2D eigenvalue weighted by Gasteiger charge is -2.49. The summed E-state index contributed by atoms with van der Waals surface area (Å²) >= 11 is 4.83. The number of halogens is 1. The quantitative estimate of drug-likeness (QED) is 0.589. The zero-order valence-electron chi connectivity index (χ0n) is 9.51. The average molecular weight is 324 g/mol. The van der Waals surface area contributed by atoms with Crippen LogP contribution in [0.2, 0.25) is 0 Å². The Morgan fingerprint density at radius 2 is 2.18 bits per heavy atom. The Hall–Kier alpha value is -0.270. The van der Waals surface area contributed by atoms with E-state index in [0.29, 0.717) is 6.42 Å². The number of rotatable bonds is 3. The molecule has 2 heterocycles. The first kappa shape index (κ1) is 13.2. The number of aliphatic hydroxyl groups is 1. The number of fused-ring (bicyclic) bond motifs is 1. The average Bonchev–Trinajstić information content (AvgIpc) is 2.48. The molecule has 2 aliphatic rings. The van der Waals surface area contributed by atoms with Gasteiger partial charge < -0.3 is 15.1 Å². The van der Waals surface area contributed by atoms with Gasteiger partial charge in [-0.25, -0.2) is 4.79 Å². The fraction of sp³-hybridized carbons (Fsp3) is 0.800. The SMILES string of the molecule is CC1(C)S[C@H]2N(C(=O)C2(Br)CCO)[C@H]1C(=O)O. The van der Waals surface area contributed by atoms with Gasteiger partial charge in [0.1, 0.15) is 15.7 Å². The van der Waals surface area contributed by atoms with Crippen molar-refractivity contribution in [2.24, 2.45) is 0 Å². The van der Waals surface area contributed by atoms with Crippen LogP contribution in [0.15, 0.2) is 0 Å². The van der Waals surface area contributed by atoms with E-state index in [4.69, 9.17) is 5.11 Å². The Labute approximate surface area is 112 Å². The number of hydrogen-bond donors (Lipinski definition) is 2. The van der Waals surface area contributed by atoms with Gasteiger partial charge in [-0.05, 0) is 20.3 Å². The molecule has 2 rings (SSSR count). The molecule has 0 bridgehead atoms. The van der Waals surface area contributed by atoms with Crippen LogP contribution in [0.5, 0.6) is 0 Å². The van der Waals surface area contributed by atoms with E-state index in [1.807, 2.05) is 13.8 Å². The first-order valence-corrected chi connectivity index (χ1v) is 6.96. The van der Waals surface area contributed by atoms with Gasteiger partial charge in [-0.3, -0.25) is 4.79 Å². The van der Waals surface area contributed by atoms with Crippen molar-refractivity contribution in [3.05, 3.63) is 0 Å². The number of nitrogens with zero attached hydrogens (tertiary/aromatic N) is 1. The number of carboxylic acids is 1. The number of aliphatic hydroxyl groups excluding tert-OH is 1. The molecule has 2 fully saturated rings. The minimum Gasteiger partial charge on any atom is -0.480 e. The van der Waals surface area contributed by atoms with E-state index >= 15 is 0 Å². The molecule has 96 valence electrons. The van der Waals surface area contributed by atoms with E-state index in [1.54, 1.807) is 0 Å². The van der Waals surface area contributed by atoms with Gasteiger partial charge in [0.25, 0.3) is 0 Å². The maximum Gasteiger partial charge on any atom is 0.327 e. The Kier molecular flexibility index (Phi) is 2.99. The van der Waals surface area contributed by atoms with Crippen molar-refractivity contribution in [3.8, 4) is 0 Å². The molecule has 1 amide bonds. The molecule has 0 aliphatic carbocycles. The highest BCUT2D eigenvalue weighted by molar-refractivity contribution is 9.10. The van der Waals surface area contributed by atoms with Crippen molar-refractivity contribution >= 4 is 39.6 Å². The normalized spacial score (nSPS) is 38.8. The lowest BCUT2D eigenvalue weighted by Crippen LogP contribution is -2.70. The number of carboxylic acid groups (broad SMARTS) is 1. The van der Waals surface area contributed by atoms with Crippen LogP contribution >= 0.6 is 27.7 Å². The second-order valence-corrected chi connectivity index (χ2v) is 8.01.